The molecule has 0 heterocycles. The molecule has 0 unspecified atom stereocenters. The van der Waals surface area contributed by atoms with Crippen LogP contribution < -0.4 is 5.32 Å². The number of amides is 1. The van der Waals surface area contributed by atoms with Crippen molar-refractivity contribution in [2.24, 2.45) is 0 Å². The molecule has 0 spiro atoms. The lowest BCUT2D eigenvalue weighted by molar-refractivity contribution is -0.132. The van der Waals surface area contributed by atoms with E-state index in [1.54, 1.807) is 0 Å². The molecule has 0 aromatic heterocycles. The van der Waals surface area contributed by atoms with Crippen molar-refractivity contribution in [2.45, 2.75) is 52.6 Å². The van der Waals surface area contributed by atoms with E-state index in [9.17, 15) is 4.79 Å². The fourth-order valence-electron chi connectivity index (χ4n) is 1.52. The fourth-order valence-corrected chi connectivity index (χ4v) is 1.52. The molecule has 0 aliphatic rings. The highest BCUT2D eigenvalue weighted by atomic mass is 16.3. The summed E-state index contributed by atoms with van der Waals surface area (Å²) in [4.78, 5) is 13.7. The molecule has 4 heteroatoms. The van der Waals surface area contributed by atoms with Gasteiger partial charge in [-0.3, -0.25) is 4.79 Å². The molecule has 0 aromatic rings. The molecule has 0 aromatic carbocycles. The molecule has 0 atom stereocenters. The van der Waals surface area contributed by atoms with Gasteiger partial charge in [0.25, 0.3) is 0 Å². The standard InChI is InChI=1S/C12H26N2O2/c1-10(2)13-7-6-12(16)14(11(3)4)8-5-9-15/h10-11,13,15H,5-9H2,1-4H3. The number of aliphatic hydroxyl groups is 1. The third-order valence-corrected chi connectivity index (χ3v) is 2.39. The topological polar surface area (TPSA) is 52.6 Å². The van der Waals surface area contributed by atoms with Gasteiger partial charge in [-0.25, -0.2) is 0 Å². The maximum absolute atomic E-state index is 11.9. The summed E-state index contributed by atoms with van der Waals surface area (Å²) in [6.07, 6.45) is 1.18. The monoisotopic (exact) mass is 230 g/mol. The van der Waals surface area contributed by atoms with Crippen LogP contribution >= 0.6 is 0 Å². The molecule has 0 rings (SSSR count). The maximum Gasteiger partial charge on any atom is 0.224 e. The van der Waals surface area contributed by atoms with Gasteiger partial charge < -0.3 is 15.3 Å². The molecular weight excluding hydrogens is 204 g/mol. The molecule has 96 valence electrons. The minimum Gasteiger partial charge on any atom is -0.396 e. The summed E-state index contributed by atoms with van der Waals surface area (Å²) in [7, 11) is 0. The maximum atomic E-state index is 11.9. The Morgan fingerprint density at radius 2 is 1.94 bits per heavy atom. The van der Waals surface area contributed by atoms with Crippen LogP contribution in [0.3, 0.4) is 0 Å². The van der Waals surface area contributed by atoms with Gasteiger partial charge >= 0.3 is 0 Å². The molecule has 4 nitrogen and oxygen atoms in total. The van der Waals surface area contributed by atoms with Gasteiger partial charge in [-0.05, 0) is 20.3 Å². The summed E-state index contributed by atoms with van der Waals surface area (Å²) in [6.45, 7) is 9.65. The summed E-state index contributed by atoms with van der Waals surface area (Å²) >= 11 is 0. The van der Waals surface area contributed by atoms with Crippen LogP contribution in [0.2, 0.25) is 0 Å². The molecule has 0 aliphatic heterocycles. The van der Waals surface area contributed by atoms with Gasteiger partial charge in [0.1, 0.15) is 0 Å². The zero-order valence-corrected chi connectivity index (χ0v) is 11.0. The Morgan fingerprint density at radius 3 is 2.38 bits per heavy atom. The molecule has 0 aliphatic carbocycles. The van der Waals surface area contributed by atoms with E-state index < -0.39 is 0 Å². The summed E-state index contributed by atoms with van der Waals surface area (Å²) in [5.41, 5.74) is 0. The highest BCUT2D eigenvalue weighted by Gasteiger charge is 2.15. The van der Waals surface area contributed by atoms with Crippen LogP contribution in [0.15, 0.2) is 0 Å². The zero-order valence-electron chi connectivity index (χ0n) is 11.0. The Morgan fingerprint density at radius 1 is 1.31 bits per heavy atom. The average Bonchev–Trinajstić information content (AvgIpc) is 2.17. The first-order chi connectivity index (χ1) is 7.49. The number of hydrogen-bond donors (Lipinski definition) is 2. The lowest BCUT2D eigenvalue weighted by atomic mass is 10.2. The number of hydrogen-bond acceptors (Lipinski definition) is 3. The SMILES string of the molecule is CC(C)NCCC(=O)N(CCCO)C(C)C. The predicted molar refractivity (Wildman–Crippen MR) is 66.3 cm³/mol. The number of carbonyl (C=O) groups excluding carboxylic acids is 1. The number of carbonyl (C=O) groups is 1. The van der Waals surface area contributed by atoms with Crippen molar-refractivity contribution < 1.29 is 9.90 Å². The summed E-state index contributed by atoms with van der Waals surface area (Å²) < 4.78 is 0. The van der Waals surface area contributed by atoms with Gasteiger partial charge in [-0.15, -0.1) is 0 Å². The Kier molecular flexibility index (Phi) is 8.21. The first-order valence-corrected chi connectivity index (χ1v) is 6.12. The largest absolute Gasteiger partial charge is 0.396 e. The van der Waals surface area contributed by atoms with E-state index in [2.05, 4.69) is 19.2 Å². The number of nitrogens with zero attached hydrogens (tertiary/aromatic N) is 1. The van der Waals surface area contributed by atoms with E-state index in [4.69, 9.17) is 5.11 Å². The number of aliphatic hydroxyl groups excluding tert-OH is 1. The van der Waals surface area contributed by atoms with Crippen molar-refractivity contribution in [3.63, 3.8) is 0 Å². The van der Waals surface area contributed by atoms with Crippen LogP contribution in [0.1, 0.15) is 40.5 Å². The molecule has 0 saturated heterocycles. The van der Waals surface area contributed by atoms with Crippen molar-refractivity contribution in [1.29, 1.82) is 0 Å². The third-order valence-electron chi connectivity index (χ3n) is 2.39. The second-order valence-electron chi connectivity index (χ2n) is 4.62. The van der Waals surface area contributed by atoms with Gasteiger partial charge in [0.2, 0.25) is 5.91 Å². The van der Waals surface area contributed by atoms with E-state index in [1.165, 1.54) is 0 Å². The van der Waals surface area contributed by atoms with E-state index >= 15 is 0 Å². The summed E-state index contributed by atoms with van der Waals surface area (Å²) in [6, 6.07) is 0.621. The van der Waals surface area contributed by atoms with Gasteiger partial charge in [0, 0.05) is 38.2 Å². The molecular formula is C12H26N2O2. The molecule has 16 heavy (non-hydrogen) atoms. The van der Waals surface area contributed by atoms with Gasteiger partial charge in [-0.2, -0.15) is 0 Å². The average molecular weight is 230 g/mol. The Hall–Kier alpha value is -0.610. The predicted octanol–water partition coefficient (Wildman–Crippen LogP) is 0.994. The van der Waals surface area contributed by atoms with Crippen molar-refractivity contribution >= 4 is 5.91 Å². The van der Waals surface area contributed by atoms with E-state index in [0.717, 1.165) is 6.54 Å². The molecule has 0 fully saturated rings. The number of rotatable bonds is 8. The van der Waals surface area contributed by atoms with E-state index in [-0.39, 0.29) is 18.6 Å². The van der Waals surface area contributed by atoms with Gasteiger partial charge in [0.15, 0.2) is 0 Å². The van der Waals surface area contributed by atoms with Crippen molar-refractivity contribution in [1.82, 2.24) is 10.2 Å². The van der Waals surface area contributed by atoms with Crippen molar-refractivity contribution in [3.8, 4) is 0 Å². The first kappa shape index (κ1) is 15.4. The summed E-state index contributed by atoms with van der Waals surface area (Å²) in [5, 5.41) is 12.0. The molecule has 1 amide bonds. The van der Waals surface area contributed by atoms with Crippen LogP contribution in [0.5, 0.6) is 0 Å². The molecule has 0 saturated carbocycles. The molecule has 0 bridgehead atoms. The van der Waals surface area contributed by atoms with Gasteiger partial charge in [-0.1, -0.05) is 13.8 Å². The Bertz CT molecular complexity index is 193. The highest BCUT2D eigenvalue weighted by molar-refractivity contribution is 5.76. The lowest BCUT2D eigenvalue weighted by Crippen LogP contribution is -2.39. The lowest BCUT2D eigenvalue weighted by Gasteiger charge is -2.26. The van der Waals surface area contributed by atoms with Crippen LogP contribution in [-0.2, 0) is 4.79 Å². The van der Waals surface area contributed by atoms with Crippen LogP contribution in [0.4, 0.5) is 0 Å². The van der Waals surface area contributed by atoms with Gasteiger partial charge in [0.05, 0.1) is 0 Å². The minimum atomic E-state index is 0.140. The molecule has 2 N–H and O–H groups in total. The molecule has 0 radical (unpaired) electrons. The van der Waals surface area contributed by atoms with E-state index in [0.29, 0.717) is 25.4 Å². The first-order valence-electron chi connectivity index (χ1n) is 6.12. The van der Waals surface area contributed by atoms with Crippen molar-refractivity contribution in [3.05, 3.63) is 0 Å². The van der Waals surface area contributed by atoms with Crippen LogP contribution in [0.25, 0.3) is 0 Å². The smallest absolute Gasteiger partial charge is 0.224 e. The second kappa shape index (κ2) is 8.53. The Balaban J connectivity index is 3.97. The fraction of sp³-hybridized carbons (Fsp3) is 0.917. The highest BCUT2D eigenvalue weighted by Crippen LogP contribution is 2.02. The normalized spacial score (nSPS) is 11.2. The Labute approximate surface area is 99.0 Å². The second-order valence-corrected chi connectivity index (χ2v) is 4.62. The van der Waals surface area contributed by atoms with Crippen LogP contribution in [0, 0.1) is 0 Å². The van der Waals surface area contributed by atoms with Crippen LogP contribution in [-0.4, -0.2) is 47.7 Å². The third kappa shape index (κ3) is 6.80. The minimum absolute atomic E-state index is 0.140. The zero-order chi connectivity index (χ0) is 12.6. The van der Waals surface area contributed by atoms with E-state index in [1.807, 2.05) is 18.7 Å². The number of nitrogens with one attached hydrogen (secondary N) is 1. The van der Waals surface area contributed by atoms with Crippen molar-refractivity contribution in [2.75, 3.05) is 19.7 Å². The quantitative estimate of drug-likeness (QED) is 0.654. The summed E-state index contributed by atoms with van der Waals surface area (Å²) in [5.74, 6) is 0.164.